The first-order chi connectivity index (χ1) is 15.2. The van der Waals surface area contributed by atoms with E-state index >= 15 is 0 Å². The van der Waals surface area contributed by atoms with Crippen LogP contribution >= 0.6 is 11.6 Å². The van der Waals surface area contributed by atoms with Crippen molar-refractivity contribution in [3.63, 3.8) is 0 Å². The van der Waals surface area contributed by atoms with Crippen LogP contribution in [0.1, 0.15) is 40.5 Å². The van der Waals surface area contributed by atoms with E-state index in [1.807, 2.05) is 32.0 Å². The van der Waals surface area contributed by atoms with Gasteiger partial charge in [-0.3, -0.25) is 0 Å². The smallest absolute Gasteiger partial charge is 0.0745 e. The minimum Gasteiger partial charge on any atom is -0.371 e. The van der Waals surface area contributed by atoms with Crippen LogP contribution in [0.25, 0.3) is 22.2 Å². The third-order valence-electron chi connectivity index (χ3n) is 6.19. The van der Waals surface area contributed by atoms with E-state index in [0.717, 1.165) is 53.9 Å². The molecule has 2 heterocycles. The van der Waals surface area contributed by atoms with Gasteiger partial charge in [-0.05, 0) is 56.1 Å². The number of anilines is 1. The molecule has 0 bridgehead atoms. The van der Waals surface area contributed by atoms with Crippen molar-refractivity contribution < 1.29 is 0 Å². The first kappa shape index (κ1) is 23.6. The van der Waals surface area contributed by atoms with Crippen molar-refractivity contribution in [2.75, 3.05) is 37.6 Å². The lowest BCUT2D eigenvalue weighted by molar-refractivity contribution is 0.229. The number of aromatic nitrogens is 1. The predicted octanol–water partition coefficient (Wildman–Crippen LogP) is 7.14. The maximum atomic E-state index is 6.29. The van der Waals surface area contributed by atoms with Crippen LogP contribution in [-0.4, -0.2) is 42.6 Å². The van der Waals surface area contributed by atoms with E-state index in [1.54, 1.807) is 0 Å². The third kappa shape index (κ3) is 5.78. The zero-order chi connectivity index (χ0) is 22.2. The lowest BCUT2D eigenvalue weighted by Crippen LogP contribution is -2.38. The molecule has 0 unspecified atom stereocenters. The van der Waals surface area contributed by atoms with Crippen LogP contribution in [-0.2, 0) is 0 Å². The molecule has 0 radical (unpaired) electrons. The molecule has 0 amide bonds. The Labute approximate surface area is 193 Å². The molecule has 31 heavy (non-hydrogen) atoms. The lowest BCUT2D eigenvalue weighted by Gasteiger charge is -2.36. The zero-order valence-corrected chi connectivity index (χ0v) is 20.2. The van der Waals surface area contributed by atoms with E-state index in [2.05, 4.69) is 60.0 Å². The van der Waals surface area contributed by atoms with Gasteiger partial charge in [0.25, 0.3) is 0 Å². The van der Waals surface area contributed by atoms with Crippen LogP contribution in [0, 0.1) is 5.92 Å². The summed E-state index contributed by atoms with van der Waals surface area (Å²) >= 11 is 6.29. The molecule has 1 fully saturated rings. The standard InChI is InChI=1S/C25H30ClN3.C2H6/c1-3-28(4-2)18-19-12-14-29(15-13-19)25-17-23(20-8-6-5-7-9-20)27-24-16-21(26)10-11-22(24)25;1-2/h5-11,16-17,19H,3-4,12-15,18H2,1-2H3;1-2H3. The molecule has 0 saturated carbocycles. The molecule has 0 N–H and O–H groups in total. The maximum Gasteiger partial charge on any atom is 0.0745 e. The molecule has 2 aromatic carbocycles. The van der Waals surface area contributed by atoms with Gasteiger partial charge in [-0.25, -0.2) is 4.98 Å². The highest BCUT2D eigenvalue weighted by Gasteiger charge is 2.23. The first-order valence-electron chi connectivity index (χ1n) is 11.8. The monoisotopic (exact) mass is 437 g/mol. The quantitative estimate of drug-likeness (QED) is 0.408. The third-order valence-corrected chi connectivity index (χ3v) is 6.42. The Balaban J connectivity index is 0.00000132. The summed E-state index contributed by atoms with van der Waals surface area (Å²) in [5.74, 6) is 0.794. The summed E-state index contributed by atoms with van der Waals surface area (Å²) < 4.78 is 0. The lowest BCUT2D eigenvalue weighted by atomic mass is 9.95. The highest BCUT2D eigenvalue weighted by atomic mass is 35.5. The molecule has 166 valence electrons. The van der Waals surface area contributed by atoms with Gasteiger partial charge in [-0.15, -0.1) is 0 Å². The molecule has 1 saturated heterocycles. The molecule has 1 aliphatic heterocycles. The van der Waals surface area contributed by atoms with Gasteiger partial charge < -0.3 is 9.80 Å². The molecule has 4 rings (SSSR count). The molecule has 3 nitrogen and oxygen atoms in total. The number of rotatable bonds is 6. The predicted molar refractivity (Wildman–Crippen MR) is 136 cm³/mol. The molecular weight excluding hydrogens is 402 g/mol. The highest BCUT2D eigenvalue weighted by Crippen LogP contribution is 2.34. The Kier molecular flexibility index (Phi) is 8.74. The van der Waals surface area contributed by atoms with Gasteiger partial charge in [0.15, 0.2) is 0 Å². The van der Waals surface area contributed by atoms with Crippen LogP contribution in [0.3, 0.4) is 0 Å². The summed E-state index contributed by atoms with van der Waals surface area (Å²) in [5, 5.41) is 1.93. The van der Waals surface area contributed by atoms with E-state index < -0.39 is 0 Å². The first-order valence-corrected chi connectivity index (χ1v) is 12.2. The van der Waals surface area contributed by atoms with Crippen molar-refractivity contribution in [3.05, 3.63) is 59.6 Å². The molecular formula is C27H36ClN3. The molecule has 1 aliphatic rings. The van der Waals surface area contributed by atoms with Crippen LogP contribution < -0.4 is 4.90 Å². The fourth-order valence-corrected chi connectivity index (χ4v) is 4.57. The Morgan fingerprint density at radius 1 is 0.968 bits per heavy atom. The molecule has 0 aliphatic carbocycles. The van der Waals surface area contributed by atoms with Gasteiger partial charge in [0.2, 0.25) is 0 Å². The van der Waals surface area contributed by atoms with Crippen LogP contribution in [0.4, 0.5) is 5.69 Å². The van der Waals surface area contributed by atoms with Crippen molar-refractivity contribution in [1.29, 1.82) is 0 Å². The minimum atomic E-state index is 0.735. The van der Waals surface area contributed by atoms with E-state index in [0.29, 0.717) is 0 Å². The number of hydrogen-bond acceptors (Lipinski definition) is 3. The fraction of sp³-hybridized carbons (Fsp3) is 0.444. The summed E-state index contributed by atoms with van der Waals surface area (Å²) in [6, 6.07) is 18.8. The van der Waals surface area contributed by atoms with Crippen molar-refractivity contribution in [1.82, 2.24) is 9.88 Å². The van der Waals surface area contributed by atoms with Crippen molar-refractivity contribution >= 4 is 28.2 Å². The van der Waals surface area contributed by atoms with Gasteiger partial charge in [0, 0.05) is 41.3 Å². The number of hydrogen-bond donors (Lipinski definition) is 0. The largest absolute Gasteiger partial charge is 0.371 e. The number of pyridine rings is 1. The second kappa shape index (κ2) is 11.5. The number of benzene rings is 2. The van der Waals surface area contributed by atoms with Crippen LogP contribution in [0.15, 0.2) is 54.6 Å². The van der Waals surface area contributed by atoms with Crippen molar-refractivity contribution in [3.8, 4) is 11.3 Å². The number of nitrogens with zero attached hydrogens (tertiary/aromatic N) is 3. The Bertz CT molecular complexity index is 945. The van der Waals surface area contributed by atoms with Crippen LogP contribution in [0.5, 0.6) is 0 Å². The van der Waals surface area contributed by atoms with Crippen molar-refractivity contribution in [2.45, 2.75) is 40.5 Å². The van der Waals surface area contributed by atoms with Crippen molar-refractivity contribution in [2.24, 2.45) is 5.92 Å². The summed E-state index contributed by atoms with van der Waals surface area (Å²) in [4.78, 5) is 10.0. The Hall–Kier alpha value is -2.10. The summed E-state index contributed by atoms with van der Waals surface area (Å²) in [5.41, 5.74) is 4.42. The minimum absolute atomic E-state index is 0.735. The second-order valence-corrected chi connectivity index (χ2v) is 8.41. The Morgan fingerprint density at radius 2 is 1.65 bits per heavy atom. The van der Waals surface area contributed by atoms with E-state index in [-0.39, 0.29) is 0 Å². The molecule has 3 aromatic rings. The van der Waals surface area contributed by atoms with E-state index in [4.69, 9.17) is 16.6 Å². The van der Waals surface area contributed by atoms with Gasteiger partial charge in [0.1, 0.15) is 0 Å². The molecule has 0 atom stereocenters. The SMILES string of the molecule is CC.CCN(CC)CC1CCN(c2cc(-c3ccccc3)nc3cc(Cl)ccc23)CC1. The summed E-state index contributed by atoms with van der Waals surface area (Å²) in [6.45, 7) is 14.2. The van der Waals surface area contributed by atoms with E-state index in [1.165, 1.54) is 30.5 Å². The Morgan fingerprint density at radius 3 is 2.29 bits per heavy atom. The van der Waals surface area contributed by atoms with Crippen LogP contribution in [0.2, 0.25) is 5.02 Å². The fourth-order valence-electron chi connectivity index (χ4n) is 4.41. The van der Waals surface area contributed by atoms with Gasteiger partial charge in [-0.1, -0.05) is 69.6 Å². The van der Waals surface area contributed by atoms with Gasteiger partial charge in [-0.2, -0.15) is 0 Å². The second-order valence-electron chi connectivity index (χ2n) is 7.97. The van der Waals surface area contributed by atoms with Gasteiger partial charge >= 0.3 is 0 Å². The normalized spacial score (nSPS) is 14.6. The van der Waals surface area contributed by atoms with Gasteiger partial charge in [0.05, 0.1) is 11.2 Å². The molecule has 1 aromatic heterocycles. The average molecular weight is 438 g/mol. The molecule has 4 heteroatoms. The summed E-state index contributed by atoms with van der Waals surface area (Å²) in [7, 11) is 0. The van der Waals surface area contributed by atoms with E-state index in [9.17, 15) is 0 Å². The number of fused-ring (bicyclic) bond motifs is 1. The topological polar surface area (TPSA) is 19.4 Å². The zero-order valence-electron chi connectivity index (χ0n) is 19.4. The maximum absolute atomic E-state index is 6.29. The number of halogens is 1. The highest BCUT2D eigenvalue weighted by molar-refractivity contribution is 6.31. The number of piperidine rings is 1. The average Bonchev–Trinajstić information content (AvgIpc) is 2.84. The molecule has 0 spiro atoms. The summed E-state index contributed by atoms with van der Waals surface area (Å²) in [6.07, 6.45) is 2.49.